The van der Waals surface area contributed by atoms with Crippen molar-refractivity contribution in [2.45, 2.75) is 51.7 Å². The van der Waals surface area contributed by atoms with Crippen molar-refractivity contribution in [1.82, 2.24) is 5.32 Å². The van der Waals surface area contributed by atoms with Crippen molar-refractivity contribution >= 4 is 34.9 Å². The van der Waals surface area contributed by atoms with E-state index in [2.05, 4.69) is 5.32 Å². The molecular formula is C19H26ClNO5S. The molecule has 0 saturated heterocycles. The summed E-state index contributed by atoms with van der Waals surface area (Å²) in [4.78, 5) is 25.4. The molecule has 6 nitrogen and oxygen atoms in total. The van der Waals surface area contributed by atoms with Crippen molar-refractivity contribution in [3.63, 3.8) is 0 Å². The van der Waals surface area contributed by atoms with Crippen LogP contribution in [0.4, 0.5) is 0 Å². The lowest BCUT2D eigenvalue weighted by atomic mass is 9.77. The van der Waals surface area contributed by atoms with Gasteiger partial charge in [0, 0.05) is 18.7 Å². The van der Waals surface area contributed by atoms with E-state index >= 15 is 0 Å². The summed E-state index contributed by atoms with van der Waals surface area (Å²) >= 11 is 7.75. The Morgan fingerprint density at radius 2 is 2.11 bits per heavy atom. The Balaban J connectivity index is 2.40. The molecule has 8 heteroatoms. The third-order valence-corrected chi connectivity index (χ3v) is 5.58. The number of allylic oxidation sites excluding steroid dienone is 1. The van der Waals surface area contributed by atoms with Crippen LogP contribution >= 0.6 is 22.9 Å². The zero-order chi connectivity index (χ0) is 20.2. The summed E-state index contributed by atoms with van der Waals surface area (Å²) in [6.07, 6.45) is 0.102. The summed E-state index contributed by atoms with van der Waals surface area (Å²) in [5.41, 5.74) is 0.894. The Morgan fingerprint density at radius 3 is 2.67 bits per heavy atom. The van der Waals surface area contributed by atoms with Gasteiger partial charge in [-0.05, 0) is 51.1 Å². The van der Waals surface area contributed by atoms with E-state index in [0.29, 0.717) is 28.6 Å². The molecule has 1 aromatic rings. The van der Waals surface area contributed by atoms with Crippen LogP contribution in [-0.2, 0) is 23.8 Å². The van der Waals surface area contributed by atoms with E-state index < -0.39 is 11.5 Å². The predicted molar refractivity (Wildman–Crippen MR) is 105 cm³/mol. The first-order chi connectivity index (χ1) is 12.7. The molecule has 150 valence electrons. The molecule has 1 aliphatic heterocycles. The first kappa shape index (κ1) is 21.7. The fourth-order valence-corrected chi connectivity index (χ4v) is 4.22. The SMILES string of the molecule is COCCOC(=O)C1=C(C)NC(C)(C(=O)OC(C)C)CC1c1ccsc1Cl. The summed E-state index contributed by atoms with van der Waals surface area (Å²) in [5, 5.41) is 5.03. The Morgan fingerprint density at radius 1 is 1.41 bits per heavy atom. The van der Waals surface area contributed by atoms with E-state index in [1.54, 1.807) is 34.8 Å². The van der Waals surface area contributed by atoms with Gasteiger partial charge in [-0.15, -0.1) is 11.3 Å². The minimum absolute atomic E-state index is 0.156. The van der Waals surface area contributed by atoms with Crippen molar-refractivity contribution in [2.75, 3.05) is 20.3 Å². The Bertz CT molecular complexity index is 729. The molecule has 0 aromatic carbocycles. The van der Waals surface area contributed by atoms with Gasteiger partial charge in [0.15, 0.2) is 0 Å². The number of carbonyl (C=O) groups excluding carboxylic acids is 2. The second-order valence-electron chi connectivity index (χ2n) is 6.98. The van der Waals surface area contributed by atoms with Crippen molar-refractivity contribution < 1.29 is 23.8 Å². The minimum atomic E-state index is -0.972. The number of ether oxygens (including phenoxy) is 3. The lowest BCUT2D eigenvalue weighted by Gasteiger charge is -2.39. The van der Waals surface area contributed by atoms with E-state index in [0.717, 1.165) is 5.56 Å². The summed E-state index contributed by atoms with van der Waals surface area (Å²) < 4.78 is 16.3. The number of thiophene rings is 1. The highest BCUT2D eigenvalue weighted by Gasteiger charge is 2.45. The van der Waals surface area contributed by atoms with Gasteiger partial charge in [0.25, 0.3) is 0 Å². The van der Waals surface area contributed by atoms with Gasteiger partial charge in [-0.25, -0.2) is 9.59 Å². The van der Waals surface area contributed by atoms with Gasteiger partial charge in [0.2, 0.25) is 0 Å². The molecule has 0 radical (unpaired) electrons. The predicted octanol–water partition coefficient (Wildman–Crippen LogP) is 3.65. The van der Waals surface area contributed by atoms with E-state index in [4.69, 9.17) is 25.8 Å². The van der Waals surface area contributed by atoms with Crippen LogP contribution < -0.4 is 5.32 Å². The summed E-state index contributed by atoms with van der Waals surface area (Å²) in [5.74, 6) is -1.17. The molecule has 2 heterocycles. The maximum atomic E-state index is 12.7. The maximum absolute atomic E-state index is 12.7. The average molecular weight is 416 g/mol. The van der Waals surface area contributed by atoms with E-state index in [9.17, 15) is 9.59 Å². The number of hydrogen-bond acceptors (Lipinski definition) is 7. The van der Waals surface area contributed by atoms with E-state index in [1.807, 2.05) is 11.4 Å². The smallest absolute Gasteiger partial charge is 0.336 e. The highest BCUT2D eigenvalue weighted by Crippen LogP contribution is 2.43. The van der Waals surface area contributed by atoms with Crippen LogP contribution in [0, 0.1) is 0 Å². The van der Waals surface area contributed by atoms with Crippen molar-refractivity contribution in [3.8, 4) is 0 Å². The zero-order valence-electron chi connectivity index (χ0n) is 16.3. The molecule has 1 aliphatic rings. The molecule has 0 spiro atoms. The molecular weight excluding hydrogens is 390 g/mol. The van der Waals surface area contributed by atoms with Crippen LogP contribution in [0.3, 0.4) is 0 Å². The molecule has 1 aromatic heterocycles. The second-order valence-corrected chi connectivity index (χ2v) is 8.50. The second kappa shape index (κ2) is 9.08. The third-order valence-electron chi connectivity index (χ3n) is 4.38. The van der Waals surface area contributed by atoms with Gasteiger partial charge in [0.1, 0.15) is 12.1 Å². The summed E-state index contributed by atoms with van der Waals surface area (Å²) in [6.45, 7) is 7.62. The van der Waals surface area contributed by atoms with Crippen LogP contribution in [0.1, 0.15) is 45.6 Å². The van der Waals surface area contributed by atoms with Crippen LogP contribution in [0.25, 0.3) is 0 Å². The molecule has 2 atom stereocenters. The molecule has 2 unspecified atom stereocenters. The zero-order valence-corrected chi connectivity index (χ0v) is 17.8. The van der Waals surface area contributed by atoms with E-state index in [-0.39, 0.29) is 24.6 Å². The molecule has 2 rings (SSSR count). The quantitative estimate of drug-likeness (QED) is 0.541. The maximum Gasteiger partial charge on any atom is 0.336 e. The van der Waals surface area contributed by atoms with E-state index in [1.165, 1.54) is 11.3 Å². The number of carbonyl (C=O) groups is 2. The first-order valence-electron chi connectivity index (χ1n) is 8.78. The van der Waals surface area contributed by atoms with Crippen LogP contribution in [-0.4, -0.2) is 43.9 Å². The van der Waals surface area contributed by atoms with Crippen molar-refractivity contribution in [2.24, 2.45) is 0 Å². The number of rotatable bonds is 7. The van der Waals surface area contributed by atoms with Gasteiger partial charge in [-0.3, -0.25) is 0 Å². The van der Waals surface area contributed by atoms with Gasteiger partial charge in [0.05, 0.1) is 22.6 Å². The Kier molecular flexibility index (Phi) is 7.31. The van der Waals surface area contributed by atoms with Crippen LogP contribution in [0.2, 0.25) is 4.34 Å². The highest BCUT2D eigenvalue weighted by atomic mass is 35.5. The van der Waals surface area contributed by atoms with Crippen molar-refractivity contribution in [3.05, 3.63) is 32.6 Å². The Hall–Kier alpha value is -1.57. The molecule has 0 amide bonds. The van der Waals surface area contributed by atoms with Gasteiger partial charge in [-0.2, -0.15) is 0 Å². The number of nitrogens with one attached hydrogen (secondary N) is 1. The Labute approximate surface area is 168 Å². The molecule has 27 heavy (non-hydrogen) atoms. The summed E-state index contributed by atoms with van der Waals surface area (Å²) in [7, 11) is 1.54. The largest absolute Gasteiger partial charge is 0.461 e. The van der Waals surface area contributed by atoms with Gasteiger partial charge >= 0.3 is 11.9 Å². The monoisotopic (exact) mass is 415 g/mol. The standard InChI is InChI=1S/C19H26ClNO5S/c1-11(2)26-18(23)19(4)10-14(13-6-9-27-16(13)20)15(12(3)21-19)17(22)25-8-7-24-5/h6,9,11,14,21H,7-8,10H2,1-5H3. The fraction of sp³-hybridized carbons (Fsp3) is 0.579. The van der Waals surface area contributed by atoms with Crippen molar-refractivity contribution in [1.29, 1.82) is 0 Å². The summed E-state index contributed by atoms with van der Waals surface area (Å²) in [6, 6.07) is 1.88. The molecule has 1 N–H and O–H groups in total. The first-order valence-corrected chi connectivity index (χ1v) is 10.0. The molecule has 0 aliphatic carbocycles. The van der Waals surface area contributed by atoms with Gasteiger partial charge < -0.3 is 19.5 Å². The number of methoxy groups -OCH3 is 1. The van der Waals surface area contributed by atoms with Crippen LogP contribution in [0.15, 0.2) is 22.7 Å². The van der Waals surface area contributed by atoms with Crippen LogP contribution in [0.5, 0.6) is 0 Å². The highest BCUT2D eigenvalue weighted by molar-refractivity contribution is 7.14. The number of halogens is 1. The number of esters is 2. The fourth-order valence-electron chi connectivity index (χ4n) is 3.19. The average Bonchev–Trinajstić information content (AvgIpc) is 2.99. The van der Waals surface area contributed by atoms with Gasteiger partial charge in [-0.1, -0.05) is 11.6 Å². The minimum Gasteiger partial charge on any atom is -0.461 e. The molecule has 0 saturated carbocycles. The topological polar surface area (TPSA) is 73.9 Å². The lowest BCUT2D eigenvalue weighted by Crippen LogP contribution is -2.54. The number of hydrogen-bond donors (Lipinski definition) is 1. The third kappa shape index (κ3) is 5.03. The lowest BCUT2D eigenvalue weighted by molar-refractivity contribution is -0.156. The molecule has 0 bridgehead atoms. The normalized spacial score (nSPS) is 22.6. The molecule has 0 fully saturated rings.